The number of aliphatic hydroxyl groups excluding tert-OH is 1. The number of nitrogens with two attached hydrogens (primary N) is 1. The van der Waals surface area contributed by atoms with Crippen LogP contribution in [0.4, 0.5) is 5.82 Å². The minimum absolute atomic E-state index is 0.123. The van der Waals surface area contributed by atoms with Crippen LogP contribution in [-0.4, -0.2) is 39.1 Å². The van der Waals surface area contributed by atoms with E-state index in [1.807, 2.05) is 14.0 Å². The molecule has 0 atom stereocenters. The number of aliphatic hydroxyl groups is 1. The van der Waals surface area contributed by atoms with E-state index < -0.39 is 0 Å². The SMILES string of the molecule is Cc1nn(C)c(N(CCO)C2CC2)c1C(N)=S. The van der Waals surface area contributed by atoms with Gasteiger partial charge in [0.25, 0.3) is 0 Å². The predicted molar refractivity (Wildman–Crippen MR) is 71.3 cm³/mol. The Morgan fingerprint density at radius 2 is 2.29 bits per heavy atom. The fraction of sp³-hybridized carbons (Fsp3) is 0.636. The molecular formula is C11H18N4OS. The second kappa shape index (κ2) is 4.62. The Morgan fingerprint density at radius 3 is 2.76 bits per heavy atom. The van der Waals surface area contributed by atoms with Gasteiger partial charge in [0.15, 0.2) is 0 Å². The van der Waals surface area contributed by atoms with Gasteiger partial charge < -0.3 is 15.7 Å². The summed E-state index contributed by atoms with van der Waals surface area (Å²) in [5, 5.41) is 13.5. The van der Waals surface area contributed by atoms with E-state index in [0.717, 1.165) is 29.9 Å². The highest BCUT2D eigenvalue weighted by Crippen LogP contribution is 2.34. The summed E-state index contributed by atoms with van der Waals surface area (Å²) in [5.74, 6) is 0.937. The number of anilines is 1. The molecule has 1 aliphatic rings. The van der Waals surface area contributed by atoms with Crippen LogP contribution in [0, 0.1) is 6.92 Å². The highest BCUT2D eigenvalue weighted by Gasteiger charge is 2.33. The summed E-state index contributed by atoms with van der Waals surface area (Å²) >= 11 is 5.10. The van der Waals surface area contributed by atoms with Crippen molar-refractivity contribution in [3.8, 4) is 0 Å². The molecule has 17 heavy (non-hydrogen) atoms. The molecule has 2 rings (SSSR count). The van der Waals surface area contributed by atoms with E-state index in [2.05, 4.69) is 10.00 Å². The minimum Gasteiger partial charge on any atom is -0.395 e. The highest BCUT2D eigenvalue weighted by molar-refractivity contribution is 7.80. The van der Waals surface area contributed by atoms with Crippen molar-refractivity contribution in [1.29, 1.82) is 0 Å². The number of hydrogen-bond acceptors (Lipinski definition) is 4. The average Bonchev–Trinajstić information content (AvgIpc) is 3.01. The molecule has 0 saturated heterocycles. The summed E-state index contributed by atoms with van der Waals surface area (Å²) in [4.78, 5) is 2.53. The van der Waals surface area contributed by atoms with Gasteiger partial charge in [-0.05, 0) is 19.8 Å². The average molecular weight is 254 g/mol. The number of nitrogens with zero attached hydrogens (tertiary/aromatic N) is 3. The Kier molecular flexibility index (Phi) is 3.35. The number of rotatable bonds is 5. The van der Waals surface area contributed by atoms with E-state index in [4.69, 9.17) is 23.1 Å². The van der Waals surface area contributed by atoms with E-state index in [1.54, 1.807) is 4.68 Å². The molecule has 1 aromatic rings. The van der Waals surface area contributed by atoms with Gasteiger partial charge in [-0.1, -0.05) is 12.2 Å². The second-order valence-electron chi connectivity index (χ2n) is 4.42. The first-order chi connectivity index (χ1) is 8.06. The van der Waals surface area contributed by atoms with Gasteiger partial charge in [0.05, 0.1) is 17.9 Å². The van der Waals surface area contributed by atoms with Crippen LogP contribution in [-0.2, 0) is 7.05 Å². The Balaban J connectivity index is 2.44. The maximum atomic E-state index is 9.17. The fourth-order valence-corrected chi connectivity index (χ4v) is 2.46. The largest absolute Gasteiger partial charge is 0.395 e. The molecule has 0 radical (unpaired) electrons. The van der Waals surface area contributed by atoms with E-state index in [9.17, 15) is 0 Å². The van der Waals surface area contributed by atoms with Crippen molar-refractivity contribution in [2.45, 2.75) is 25.8 Å². The molecule has 1 aromatic heterocycles. The predicted octanol–water partition coefficient (Wildman–Crippen LogP) is 0.324. The van der Waals surface area contributed by atoms with Gasteiger partial charge in [-0.2, -0.15) is 5.10 Å². The van der Waals surface area contributed by atoms with Crippen LogP contribution in [0.25, 0.3) is 0 Å². The number of aromatic nitrogens is 2. The zero-order chi connectivity index (χ0) is 12.6. The van der Waals surface area contributed by atoms with Crippen LogP contribution < -0.4 is 10.6 Å². The molecule has 1 saturated carbocycles. The zero-order valence-electron chi connectivity index (χ0n) is 10.2. The van der Waals surface area contributed by atoms with Crippen molar-refractivity contribution in [1.82, 2.24) is 9.78 Å². The van der Waals surface area contributed by atoms with Crippen LogP contribution in [0.2, 0.25) is 0 Å². The third-order valence-corrected chi connectivity index (χ3v) is 3.24. The molecule has 0 aliphatic heterocycles. The summed E-state index contributed by atoms with van der Waals surface area (Å²) in [6, 6.07) is 0.491. The van der Waals surface area contributed by atoms with Crippen LogP contribution in [0.1, 0.15) is 24.1 Å². The molecule has 94 valence electrons. The first-order valence-electron chi connectivity index (χ1n) is 5.77. The van der Waals surface area contributed by atoms with Gasteiger partial charge in [0.1, 0.15) is 10.8 Å². The zero-order valence-corrected chi connectivity index (χ0v) is 11.0. The normalized spacial score (nSPS) is 15.0. The molecule has 0 aromatic carbocycles. The molecule has 0 amide bonds. The first kappa shape index (κ1) is 12.3. The quantitative estimate of drug-likeness (QED) is 0.741. The molecule has 5 nitrogen and oxygen atoms in total. The summed E-state index contributed by atoms with van der Waals surface area (Å²) in [6.07, 6.45) is 2.31. The lowest BCUT2D eigenvalue weighted by Crippen LogP contribution is -2.32. The number of thiocarbonyl (C=S) groups is 1. The molecule has 0 unspecified atom stereocenters. The van der Waals surface area contributed by atoms with Crippen LogP contribution in [0.5, 0.6) is 0 Å². The van der Waals surface area contributed by atoms with E-state index >= 15 is 0 Å². The van der Waals surface area contributed by atoms with Gasteiger partial charge in [-0.3, -0.25) is 4.68 Å². The van der Waals surface area contributed by atoms with Gasteiger partial charge in [-0.25, -0.2) is 0 Å². The smallest absolute Gasteiger partial charge is 0.137 e. The van der Waals surface area contributed by atoms with Crippen molar-refractivity contribution < 1.29 is 5.11 Å². The summed E-state index contributed by atoms with van der Waals surface area (Å²) in [6.45, 7) is 2.62. The second-order valence-corrected chi connectivity index (χ2v) is 4.86. The maximum absolute atomic E-state index is 9.17. The molecule has 3 N–H and O–H groups in total. The summed E-state index contributed by atoms with van der Waals surface area (Å²) in [7, 11) is 1.89. The van der Waals surface area contributed by atoms with E-state index in [0.29, 0.717) is 17.6 Å². The van der Waals surface area contributed by atoms with Crippen LogP contribution in [0.3, 0.4) is 0 Å². The standard InChI is InChI=1S/C11H18N4OS/c1-7-9(10(12)17)11(14(2)13-7)15(5-6-16)8-3-4-8/h8,16H,3-6H2,1-2H3,(H2,12,17). The van der Waals surface area contributed by atoms with Crippen molar-refractivity contribution in [3.05, 3.63) is 11.3 Å². The third-order valence-electron chi connectivity index (χ3n) is 3.04. The van der Waals surface area contributed by atoms with Crippen molar-refractivity contribution in [2.75, 3.05) is 18.1 Å². The van der Waals surface area contributed by atoms with Crippen molar-refractivity contribution >= 4 is 23.0 Å². The molecule has 1 heterocycles. The van der Waals surface area contributed by atoms with E-state index in [1.165, 1.54) is 0 Å². The van der Waals surface area contributed by atoms with Crippen LogP contribution >= 0.6 is 12.2 Å². The molecular weight excluding hydrogens is 236 g/mol. The first-order valence-corrected chi connectivity index (χ1v) is 6.18. The topological polar surface area (TPSA) is 67.3 Å². The molecule has 0 spiro atoms. The Morgan fingerprint density at radius 1 is 1.65 bits per heavy atom. The Labute approximate surface area is 106 Å². The van der Waals surface area contributed by atoms with Crippen molar-refractivity contribution in [2.24, 2.45) is 12.8 Å². The highest BCUT2D eigenvalue weighted by atomic mass is 32.1. The summed E-state index contributed by atoms with van der Waals surface area (Å²) in [5.41, 5.74) is 7.45. The minimum atomic E-state index is 0.123. The monoisotopic (exact) mass is 254 g/mol. The van der Waals surface area contributed by atoms with E-state index in [-0.39, 0.29) is 6.61 Å². The Hall–Kier alpha value is -1.14. The molecule has 1 fully saturated rings. The van der Waals surface area contributed by atoms with Gasteiger partial charge in [0, 0.05) is 19.6 Å². The molecule has 1 aliphatic carbocycles. The van der Waals surface area contributed by atoms with Gasteiger partial charge in [-0.15, -0.1) is 0 Å². The third kappa shape index (κ3) is 2.28. The lowest BCUT2D eigenvalue weighted by molar-refractivity contribution is 0.300. The fourth-order valence-electron chi connectivity index (χ4n) is 2.22. The van der Waals surface area contributed by atoms with Crippen molar-refractivity contribution in [3.63, 3.8) is 0 Å². The Bertz CT molecular complexity index is 439. The van der Waals surface area contributed by atoms with Crippen LogP contribution in [0.15, 0.2) is 0 Å². The maximum Gasteiger partial charge on any atom is 0.137 e. The summed E-state index contributed by atoms with van der Waals surface area (Å²) < 4.78 is 1.80. The number of aryl methyl sites for hydroxylation is 2. The number of hydrogen-bond donors (Lipinski definition) is 2. The molecule has 6 heteroatoms. The molecule has 0 bridgehead atoms. The van der Waals surface area contributed by atoms with Gasteiger partial charge >= 0.3 is 0 Å². The van der Waals surface area contributed by atoms with Gasteiger partial charge in [0.2, 0.25) is 0 Å². The lowest BCUT2D eigenvalue weighted by Gasteiger charge is -2.24. The lowest BCUT2D eigenvalue weighted by atomic mass is 10.2.